The average molecular weight is 610 g/mol. The fraction of sp³-hybridized carbons (Fsp3) is 0.0435. The van der Waals surface area contributed by atoms with Crippen LogP contribution in [0.3, 0.4) is 0 Å². The van der Waals surface area contributed by atoms with Gasteiger partial charge in [0.05, 0.1) is 8.95 Å². The molecule has 0 bridgehead atoms. The van der Waals surface area contributed by atoms with Gasteiger partial charge in [0.2, 0.25) is 5.90 Å². The molecule has 1 aliphatic heterocycles. The first kappa shape index (κ1) is 21.9. The summed E-state index contributed by atoms with van der Waals surface area (Å²) in [4.78, 5) is 16.6. The third-order valence-electron chi connectivity index (χ3n) is 4.33. The predicted molar refractivity (Wildman–Crippen MR) is 127 cm³/mol. The lowest BCUT2D eigenvalue weighted by Gasteiger charge is -2.11. The number of hydrogen-bond acceptors (Lipinski definition) is 4. The number of hydrogen-bond donors (Lipinski definition) is 0. The normalized spacial score (nSPS) is 14.5. The molecule has 0 aliphatic carbocycles. The molecule has 0 unspecified atom stereocenters. The topological polar surface area (TPSA) is 47.9 Å². The molecule has 156 valence electrons. The number of aliphatic imine (C=N–C) groups is 1. The SMILES string of the molecule is O=C1OC(c2ccc(Br)cc2)=N/C1=C\c1cc(Br)c(OCc2ccc(F)cc2)c(Br)c1. The summed E-state index contributed by atoms with van der Waals surface area (Å²) in [7, 11) is 0. The number of benzene rings is 3. The van der Waals surface area contributed by atoms with E-state index in [9.17, 15) is 9.18 Å². The van der Waals surface area contributed by atoms with E-state index in [4.69, 9.17) is 9.47 Å². The van der Waals surface area contributed by atoms with Gasteiger partial charge in [0.15, 0.2) is 5.70 Å². The molecule has 0 atom stereocenters. The highest BCUT2D eigenvalue weighted by Crippen LogP contribution is 2.36. The molecule has 0 saturated carbocycles. The minimum Gasteiger partial charge on any atom is -0.487 e. The second kappa shape index (κ2) is 9.46. The molecule has 1 heterocycles. The maximum absolute atomic E-state index is 13.0. The molecular formula is C23H13Br3FNO3. The average Bonchev–Trinajstić information content (AvgIpc) is 3.09. The van der Waals surface area contributed by atoms with E-state index in [2.05, 4.69) is 52.8 Å². The Labute approximate surface area is 203 Å². The van der Waals surface area contributed by atoms with Gasteiger partial charge in [-0.25, -0.2) is 14.2 Å². The van der Waals surface area contributed by atoms with Crippen molar-refractivity contribution in [3.63, 3.8) is 0 Å². The number of carbonyl (C=O) groups excluding carboxylic acids is 1. The van der Waals surface area contributed by atoms with E-state index in [0.29, 0.717) is 20.3 Å². The zero-order valence-corrected chi connectivity index (χ0v) is 20.5. The van der Waals surface area contributed by atoms with Gasteiger partial charge in [-0.05, 0) is 97.6 Å². The van der Waals surface area contributed by atoms with Crippen LogP contribution in [0.5, 0.6) is 5.75 Å². The van der Waals surface area contributed by atoms with Crippen LogP contribution in [0.4, 0.5) is 4.39 Å². The lowest BCUT2D eigenvalue weighted by atomic mass is 10.2. The van der Waals surface area contributed by atoms with Gasteiger partial charge in [-0.2, -0.15) is 0 Å². The molecule has 0 amide bonds. The number of ether oxygens (including phenoxy) is 2. The lowest BCUT2D eigenvalue weighted by Crippen LogP contribution is -2.05. The van der Waals surface area contributed by atoms with E-state index in [-0.39, 0.29) is 24.0 Å². The van der Waals surface area contributed by atoms with Gasteiger partial charge >= 0.3 is 5.97 Å². The van der Waals surface area contributed by atoms with Crippen molar-refractivity contribution in [3.8, 4) is 5.75 Å². The fourth-order valence-corrected chi connectivity index (χ4v) is 4.53. The highest BCUT2D eigenvalue weighted by Gasteiger charge is 2.24. The van der Waals surface area contributed by atoms with Crippen LogP contribution in [0.25, 0.3) is 6.08 Å². The van der Waals surface area contributed by atoms with Crippen LogP contribution in [0, 0.1) is 5.82 Å². The predicted octanol–water partition coefficient (Wildman–Crippen LogP) is 7.04. The largest absolute Gasteiger partial charge is 0.487 e. The van der Waals surface area contributed by atoms with Gasteiger partial charge < -0.3 is 9.47 Å². The molecule has 0 aromatic heterocycles. The summed E-state index contributed by atoms with van der Waals surface area (Å²) >= 11 is 10.4. The number of rotatable bonds is 5. The zero-order chi connectivity index (χ0) is 22.0. The van der Waals surface area contributed by atoms with Crippen LogP contribution in [-0.4, -0.2) is 11.9 Å². The second-order valence-corrected chi connectivity index (χ2v) is 9.20. The van der Waals surface area contributed by atoms with Gasteiger partial charge in [0.25, 0.3) is 0 Å². The van der Waals surface area contributed by atoms with E-state index < -0.39 is 5.97 Å². The number of cyclic esters (lactones) is 1. The van der Waals surface area contributed by atoms with Crippen LogP contribution < -0.4 is 4.74 Å². The van der Waals surface area contributed by atoms with Crippen molar-refractivity contribution in [2.45, 2.75) is 6.61 Å². The van der Waals surface area contributed by atoms with Crippen molar-refractivity contribution in [2.75, 3.05) is 0 Å². The summed E-state index contributed by atoms with van der Waals surface area (Å²) < 4.78 is 26.5. The van der Waals surface area contributed by atoms with E-state index in [1.165, 1.54) is 12.1 Å². The van der Waals surface area contributed by atoms with Crippen LogP contribution in [0.15, 0.2) is 84.8 Å². The Morgan fingerprint density at radius 1 is 0.968 bits per heavy atom. The molecule has 3 aromatic carbocycles. The Morgan fingerprint density at radius 2 is 1.61 bits per heavy atom. The highest BCUT2D eigenvalue weighted by atomic mass is 79.9. The van der Waals surface area contributed by atoms with Gasteiger partial charge in [0.1, 0.15) is 18.2 Å². The van der Waals surface area contributed by atoms with Crippen LogP contribution in [0.2, 0.25) is 0 Å². The molecule has 4 rings (SSSR count). The molecule has 8 heteroatoms. The minimum absolute atomic E-state index is 0.205. The molecule has 0 radical (unpaired) electrons. The Kier molecular flexibility index (Phi) is 6.69. The van der Waals surface area contributed by atoms with Crippen molar-refractivity contribution in [1.29, 1.82) is 0 Å². The summed E-state index contributed by atoms with van der Waals surface area (Å²) in [6.07, 6.45) is 1.65. The number of halogens is 4. The zero-order valence-electron chi connectivity index (χ0n) is 15.7. The van der Waals surface area contributed by atoms with Crippen LogP contribution in [-0.2, 0) is 16.1 Å². The molecule has 31 heavy (non-hydrogen) atoms. The Hall–Kier alpha value is -2.29. The molecule has 4 nitrogen and oxygen atoms in total. The van der Waals surface area contributed by atoms with Crippen LogP contribution in [0.1, 0.15) is 16.7 Å². The summed E-state index contributed by atoms with van der Waals surface area (Å²) in [6.45, 7) is 0.283. The first-order chi connectivity index (χ1) is 14.9. The van der Waals surface area contributed by atoms with E-state index in [1.807, 2.05) is 36.4 Å². The third-order valence-corrected chi connectivity index (χ3v) is 6.04. The maximum Gasteiger partial charge on any atom is 0.363 e. The van der Waals surface area contributed by atoms with Gasteiger partial charge in [-0.15, -0.1) is 0 Å². The summed E-state index contributed by atoms with van der Waals surface area (Å²) in [6, 6.07) is 17.1. The first-order valence-electron chi connectivity index (χ1n) is 9.04. The van der Waals surface area contributed by atoms with Gasteiger partial charge in [-0.1, -0.05) is 28.1 Å². The molecule has 0 saturated heterocycles. The van der Waals surface area contributed by atoms with Crippen molar-refractivity contribution >= 4 is 65.7 Å². The molecule has 3 aromatic rings. The molecule has 0 fully saturated rings. The Balaban J connectivity index is 1.54. The Bertz CT molecular complexity index is 1180. The third kappa shape index (κ3) is 5.31. The lowest BCUT2D eigenvalue weighted by molar-refractivity contribution is -0.129. The van der Waals surface area contributed by atoms with Gasteiger partial charge in [-0.3, -0.25) is 0 Å². The fourth-order valence-electron chi connectivity index (χ4n) is 2.82. The minimum atomic E-state index is -0.512. The molecule has 0 N–H and O–H groups in total. The smallest absolute Gasteiger partial charge is 0.363 e. The monoisotopic (exact) mass is 607 g/mol. The highest BCUT2D eigenvalue weighted by molar-refractivity contribution is 9.11. The standard InChI is InChI=1S/C23H13Br3FNO3/c24-16-5-3-15(4-6-16)22-28-20(23(29)31-22)11-14-9-18(25)21(19(26)10-14)30-12-13-1-7-17(27)8-2-13/h1-11H,12H2/b20-11-. The van der Waals surface area contributed by atoms with Crippen molar-refractivity contribution < 1.29 is 18.7 Å². The van der Waals surface area contributed by atoms with Crippen molar-refractivity contribution in [1.82, 2.24) is 0 Å². The summed E-state index contributed by atoms with van der Waals surface area (Å²) in [5, 5.41) is 0. The van der Waals surface area contributed by atoms with E-state index >= 15 is 0 Å². The molecule has 0 spiro atoms. The second-order valence-electron chi connectivity index (χ2n) is 6.57. The van der Waals surface area contributed by atoms with Crippen molar-refractivity contribution in [3.05, 3.63) is 102 Å². The van der Waals surface area contributed by atoms with E-state index in [1.54, 1.807) is 18.2 Å². The van der Waals surface area contributed by atoms with Crippen LogP contribution >= 0.6 is 47.8 Å². The van der Waals surface area contributed by atoms with E-state index in [0.717, 1.165) is 15.6 Å². The number of carbonyl (C=O) groups is 1. The maximum atomic E-state index is 13.0. The van der Waals surface area contributed by atoms with Crippen molar-refractivity contribution in [2.24, 2.45) is 4.99 Å². The summed E-state index contributed by atoms with van der Waals surface area (Å²) in [5.74, 6) is 0.0577. The first-order valence-corrected chi connectivity index (χ1v) is 11.4. The quantitative estimate of drug-likeness (QED) is 0.230. The number of nitrogens with zero attached hydrogens (tertiary/aromatic N) is 1. The van der Waals surface area contributed by atoms with Gasteiger partial charge in [0, 0.05) is 10.0 Å². The number of esters is 1. The Morgan fingerprint density at radius 3 is 2.26 bits per heavy atom. The molecule has 1 aliphatic rings. The molecular weight excluding hydrogens is 597 g/mol. The summed E-state index contributed by atoms with van der Waals surface area (Å²) in [5.41, 5.74) is 2.50.